The second-order valence-corrected chi connectivity index (χ2v) is 7.32. The van der Waals surface area contributed by atoms with E-state index in [1.807, 2.05) is 48.0 Å². The highest BCUT2D eigenvalue weighted by Gasteiger charge is 2.17. The summed E-state index contributed by atoms with van der Waals surface area (Å²) in [4.78, 5) is 20.2. The Bertz CT molecular complexity index is 962. The molecule has 0 atom stereocenters. The number of benzene rings is 1. The Labute approximate surface area is 171 Å². The molecule has 7 heteroatoms. The van der Waals surface area contributed by atoms with Crippen LogP contribution in [0.5, 0.6) is 0 Å². The lowest BCUT2D eigenvalue weighted by molar-refractivity contribution is 0.0953. The lowest BCUT2D eigenvalue weighted by Crippen LogP contribution is -2.44. The van der Waals surface area contributed by atoms with Crippen molar-refractivity contribution in [3.63, 3.8) is 0 Å². The summed E-state index contributed by atoms with van der Waals surface area (Å²) in [5.41, 5.74) is 3.17. The van der Waals surface area contributed by atoms with Crippen molar-refractivity contribution in [3.8, 4) is 11.3 Å². The summed E-state index contributed by atoms with van der Waals surface area (Å²) in [7, 11) is 0. The van der Waals surface area contributed by atoms with Crippen LogP contribution in [0.4, 0.5) is 0 Å². The molecule has 0 saturated carbocycles. The van der Waals surface area contributed by atoms with Crippen LogP contribution >= 0.6 is 0 Å². The summed E-state index contributed by atoms with van der Waals surface area (Å²) in [6.45, 7) is 8.66. The van der Waals surface area contributed by atoms with Crippen LogP contribution in [-0.4, -0.2) is 64.8 Å². The largest absolute Gasteiger partial charge is 0.352 e. The number of hydrogen-bond acceptors (Lipinski definition) is 5. The zero-order valence-electron chi connectivity index (χ0n) is 16.9. The molecule has 1 saturated heterocycles. The molecule has 1 amide bonds. The first-order chi connectivity index (χ1) is 14.3. The van der Waals surface area contributed by atoms with Gasteiger partial charge in [0, 0.05) is 44.8 Å². The fraction of sp³-hybridized carbons (Fsp3) is 0.409. The Morgan fingerprint density at radius 2 is 2.00 bits per heavy atom. The van der Waals surface area contributed by atoms with Gasteiger partial charge >= 0.3 is 0 Å². The third-order valence-electron chi connectivity index (χ3n) is 5.37. The molecule has 0 spiro atoms. The maximum atomic E-state index is 13.0. The number of aryl methyl sites for hydroxylation is 1. The highest BCUT2D eigenvalue weighted by molar-refractivity contribution is 6.06. The number of pyridine rings is 1. The van der Waals surface area contributed by atoms with Crippen LogP contribution in [0.1, 0.15) is 23.7 Å². The molecule has 0 bridgehead atoms. The number of carbonyl (C=O) groups excluding carboxylic acids is 1. The highest BCUT2D eigenvalue weighted by atomic mass is 16.1. The van der Waals surface area contributed by atoms with Gasteiger partial charge in [-0.25, -0.2) is 9.67 Å². The molecule has 152 valence electrons. The quantitative estimate of drug-likeness (QED) is 0.603. The maximum absolute atomic E-state index is 13.0. The number of amides is 1. The molecule has 7 nitrogen and oxygen atoms in total. The molecule has 0 unspecified atom stereocenters. The van der Waals surface area contributed by atoms with Gasteiger partial charge in [0.15, 0.2) is 5.65 Å². The summed E-state index contributed by atoms with van der Waals surface area (Å²) < 4.78 is 1.84. The van der Waals surface area contributed by atoms with E-state index in [2.05, 4.69) is 20.6 Å². The third kappa shape index (κ3) is 4.46. The van der Waals surface area contributed by atoms with Crippen LogP contribution in [0.2, 0.25) is 0 Å². The van der Waals surface area contributed by atoms with Gasteiger partial charge in [-0.15, -0.1) is 0 Å². The van der Waals surface area contributed by atoms with Gasteiger partial charge in [0.25, 0.3) is 5.91 Å². The van der Waals surface area contributed by atoms with Crippen molar-refractivity contribution < 1.29 is 4.79 Å². The minimum Gasteiger partial charge on any atom is -0.352 e. The van der Waals surface area contributed by atoms with Gasteiger partial charge in [0.1, 0.15) is 0 Å². The minimum absolute atomic E-state index is 0.0643. The number of nitrogens with one attached hydrogen (secondary N) is 2. The SMILES string of the molecule is CCn1ncc2c(C(=O)NCCCN3CCNCC3)cc(-c3ccccc3)nc21. The number of nitrogens with zero attached hydrogens (tertiary/aromatic N) is 4. The monoisotopic (exact) mass is 392 g/mol. The first kappa shape index (κ1) is 19.5. The van der Waals surface area contributed by atoms with Crippen molar-refractivity contribution in [2.24, 2.45) is 0 Å². The number of hydrogen-bond donors (Lipinski definition) is 2. The first-order valence-electron chi connectivity index (χ1n) is 10.4. The normalized spacial score (nSPS) is 14.9. The number of piperazine rings is 1. The van der Waals surface area contributed by atoms with Crippen LogP contribution in [0, 0.1) is 0 Å². The van der Waals surface area contributed by atoms with E-state index in [-0.39, 0.29) is 5.91 Å². The standard InChI is InChI=1S/C22H28N6O/c1-2-28-21-19(16-25-28)18(15-20(26-21)17-7-4-3-5-8-17)22(29)24-9-6-12-27-13-10-23-11-14-27/h3-5,7-8,15-16,23H,2,6,9-14H2,1H3,(H,24,29). The smallest absolute Gasteiger partial charge is 0.252 e. The van der Waals surface area contributed by atoms with Crippen LogP contribution < -0.4 is 10.6 Å². The topological polar surface area (TPSA) is 75.1 Å². The molecule has 3 heterocycles. The van der Waals surface area contributed by atoms with E-state index in [4.69, 9.17) is 4.98 Å². The number of carbonyl (C=O) groups is 1. The molecule has 1 aromatic carbocycles. The van der Waals surface area contributed by atoms with Gasteiger partial charge in [0.05, 0.1) is 22.8 Å². The Morgan fingerprint density at radius 3 is 2.76 bits per heavy atom. The lowest BCUT2D eigenvalue weighted by atomic mass is 10.1. The van der Waals surface area contributed by atoms with E-state index in [1.54, 1.807) is 6.20 Å². The zero-order chi connectivity index (χ0) is 20.1. The van der Waals surface area contributed by atoms with Gasteiger partial charge in [-0.3, -0.25) is 4.79 Å². The molecule has 4 rings (SSSR count). The predicted molar refractivity (Wildman–Crippen MR) is 115 cm³/mol. The maximum Gasteiger partial charge on any atom is 0.252 e. The molecule has 2 aromatic heterocycles. The molecule has 1 fully saturated rings. The molecular weight excluding hydrogens is 364 g/mol. The molecule has 3 aromatic rings. The second kappa shape index (κ2) is 9.15. The third-order valence-corrected chi connectivity index (χ3v) is 5.37. The van der Waals surface area contributed by atoms with E-state index in [1.165, 1.54) is 0 Å². The van der Waals surface area contributed by atoms with Crippen LogP contribution in [0.25, 0.3) is 22.3 Å². The van der Waals surface area contributed by atoms with Crippen LogP contribution in [-0.2, 0) is 6.54 Å². The second-order valence-electron chi connectivity index (χ2n) is 7.32. The summed E-state index contributed by atoms with van der Waals surface area (Å²) in [6, 6.07) is 11.8. The zero-order valence-corrected chi connectivity index (χ0v) is 16.9. The van der Waals surface area contributed by atoms with E-state index in [0.29, 0.717) is 18.7 Å². The molecular formula is C22H28N6O. The number of fused-ring (bicyclic) bond motifs is 1. The average Bonchev–Trinajstić information content (AvgIpc) is 3.20. The summed E-state index contributed by atoms with van der Waals surface area (Å²) in [6.07, 6.45) is 2.69. The Kier molecular flexibility index (Phi) is 6.17. The number of aromatic nitrogens is 3. The van der Waals surface area contributed by atoms with Gasteiger partial charge in [-0.1, -0.05) is 30.3 Å². The fourth-order valence-corrected chi connectivity index (χ4v) is 3.76. The summed E-state index contributed by atoms with van der Waals surface area (Å²) in [5.74, 6) is -0.0643. The van der Waals surface area contributed by atoms with E-state index in [0.717, 1.165) is 61.4 Å². The van der Waals surface area contributed by atoms with E-state index >= 15 is 0 Å². The van der Waals surface area contributed by atoms with Crippen molar-refractivity contribution in [2.45, 2.75) is 19.9 Å². The van der Waals surface area contributed by atoms with Crippen molar-refractivity contribution >= 4 is 16.9 Å². The summed E-state index contributed by atoms with van der Waals surface area (Å²) in [5, 5.41) is 11.7. The molecule has 0 radical (unpaired) electrons. The first-order valence-corrected chi connectivity index (χ1v) is 10.4. The van der Waals surface area contributed by atoms with Crippen molar-refractivity contribution in [1.82, 2.24) is 30.3 Å². The summed E-state index contributed by atoms with van der Waals surface area (Å²) >= 11 is 0. The average molecular weight is 393 g/mol. The molecule has 29 heavy (non-hydrogen) atoms. The molecule has 0 aliphatic carbocycles. The minimum atomic E-state index is -0.0643. The van der Waals surface area contributed by atoms with E-state index in [9.17, 15) is 4.79 Å². The van der Waals surface area contributed by atoms with Crippen molar-refractivity contribution in [2.75, 3.05) is 39.3 Å². The van der Waals surface area contributed by atoms with Gasteiger partial charge < -0.3 is 15.5 Å². The molecule has 1 aliphatic rings. The van der Waals surface area contributed by atoms with E-state index < -0.39 is 0 Å². The van der Waals surface area contributed by atoms with Crippen molar-refractivity contribution in [3.05, 3.63) is 48.2 Å². The van der Waals surface area contributed by atoms with Gasteiger partial charge in [0.2, 0.25) is 0 Å². The van der Waals surface area contributed by atoms with Gasteiger partial charge in [-0.05, 0) is 26.0 Å². The predicted octanol–water partition coefficient (Wildman–Crippen LogP) is 2.14. The highest BCUT2D eigenvalue weighted by Crippen LogP contribution is 2.24. The lowest BCUT2D eigenvalue weighted by Gasteiger charge is -2.27. The molecule has 2 N–H and O–H groups in total. The Balaban J connectivity index is 1.52. The Hall–Kier alpha value is -2.77. The van der Waals surface area contributed by atoms with Crippen LogP contribution in [0.3, 0.4) is 0 Å². The van der Waals surface area contributed by atoms with Crippen LogP contribution in [0.15, 0.2) is 42.6 Å². The van der Waals surface area contributed by atoms with Gasteiger partial charge in [-0.2, -0.15) is 5.10 Å². The van der Waals surface area contributed by atoms with Crippen molar-refractivity contribution in [1.29, 1.82) is 0 Å². The fourth-order valence-electron chi connectivity index (χ4n) is 3.76. The Morgan fingerprint density at radius 1 is 1.21 bits per heavy atom. The number of rotatable bonds is 7. The molecule has 1 aliphatic heterocycles.